The summed E-state index contributed by atoms with van der Waals surface area (Å²) in [6.45, 7) is 10.3. The van der Waals surface area contributed by atoms with Crippen molar-refractivity contribution in [2.45, 2.75) is 72.0 Å². The Kier molecular flexibility index (Phi) is 5.46. The molecule has 152 valence electrons. The van der Waals surface area contributed by atoms with Gasteiger partial charge in [-0.05, 0) is 68.2 Å². The number of ether oxygens (including phenoxy) is 1. The minimum absolute atomic E-state index is 0.00249. The summed E-state index contributed by atoms with van der Waals surface area (Å²) in [5.74, 6) is 0.362. The Morgan fingerprint density at radius 3 is 2.57 bits per heavy atom. The molecule has 0 bridgehead atoms. The molecule has 2 N–H and O–H groups in total. The molecule has 1 aliphatic carbocycles. The predicted molar refractivity (Wildman–Crippen MR) is 112 cm³/mol. The SMILES string of the molecule is C/C1=C\CC(C)(C)/C=C/C[C@@]2(C)Oc3cc(O)c(=O)cc(C)c3CC2C[C@H]1O. The molecular formula is C24H32O4. The molecular weight excluding hydrogens is 352 g/mol. The van der Waals surface area contributed by atoms with Gasteiger partial charge in [0.2, 0.25) is 5.43 Å². The average Bonchev–Trinajstić information content (AvgIpc) is 2.70. The fourth-order valence-electron chi connectivity index (χ4n) is 4.22. The molecule has 3 rings (SSSR count). The Bertz CT molecular complexity index is 881. The third-order valence-corrected chi connectivity index (χ3v) is 6.37. The van der Waals surface area contributed by atoms with Crippen molar-refractivity contribution in [3.05, 3.63) is 57.3 Å². The summed E-state index contributed by atoms with van der Waals surface area (Å²) in [7, 11) is 0. The van der Waals surface area contributed by atoms with Crippen LogP contribution in [0.25, 0.3) is 0 Å². The second kappa shape index (κ2) is 7.40. The lowest BCUT2D eigenvalue weighted by molar-refractivity contribution is -0.00744. The number of fused-ring (bicyclic) bond motifs is 2. The van der Waals surface area contributed by atoms with Crippen molar-refractivity contribution in [1.29, 1.82) is 0 Å². The van der Waals surface area contributed by atoms with Gasteiger partial charge in [0.1, 0.15) is 11.4 Å². The van der Waals surface area contributed by atoms with Crippen molar-refractivity contribution < 1.29 is 14.9 Å². The summed E-state index contributed by atoms with van der Waals surface area (Å²) in [6.07, 6.45) is 8.89. The molecule has 4 nitrogen and oxygen atoms in total. The topological polar surface area (TPSA) is 66.8 Å². The van der Waals surface area contributed by atoms with E-state index in [0.29, 0.717) is 25.0 Å². The van der Waals surface area contributed by atoms with Crippen molar-refractivity contribution in [2.24, 2.45) is 11.3 Å². The molecule has 28 heavy (non-hydrogen) atoms. The fraction of sp³-hybridized carbons (Fsp3) is 0.542. The number of aliphatic hydroxyl groups excluding tert-OH is 1. The number of allylic oxidation sites excluding steroid dienone is 2. The van der Waals surface area contributed by atoms with Crippen LogP contribution in [0.2, 0.25) is 0 Å². The third-order valence-electron chi connectivity index (χ3n) is 6.37. The summed E-state index contributed by atoms with van der Waals surface area (Å²) >= 11 is 0. The van der Waals surface area contributed by atoms with Gasteiger partial charge in [0.05, 0.1) is 6.10 Å². The summed E-state index contributed by atoms with van der Waals surface area (Å²) in [6, 6.07) is 2.92. The first-order chi connectivity index (χ1) is 13.0. The van der Waals surface area contributed by atoms with Gasteiger partial charge >= 0.3 is 0 Å². The Morgan fingerprint density at radius 2 is 1.86 bits per heavy atom. The van der Waals surface area contributed by atoms with Gasteiger partial charge in [-0.2, -0.15) is 0 Å². The highest BCUT2D eigenvalue weighted by Crippen LogP contribution is 2.43. The van der Waals surface area contributed by atoms with E-state index in [4.69, 9.17) is 4.74 Å². The van der Waals surface area contributed by atoms with Crippen LogP contribution in [0.3, 0.4) is 0 Å². The van der Waals surface area contributed by atoms with Crippen molar-refractivity contribution in [1.82, 2.24) is 0 Å². The van der Waals surface area contributed by atoms with Crippen LogP contribution in [-0.2, 0) is 6.42 Å². The van der Waals surface area contributed by atoms with E-state index in [-0.39, 0.29) is 17.1 Å². The molecule has 4 heteroatoms. The summed E-state index contributed by atoms with van der Waals surface area (Å²) in [4.78, 5) is 12.0. The van der Waals surface area contributed by atoms with Crippen LogP contribution in [-0.4, -0.2) is 21.9 Å². The molecule has 0 radical (unpaired) electrons. The highest BCUT2D eigenvalue weighted by molar-refractivity contribution is 5.45. The highest BCUT2D eigenvalue weighted by atomic mass is 16.5. The normalized spacial score (nSPS) is 32.6. The molecule has 0 fully saturated rings. The Labute approximate surface area is 167 Å². The molecule has 0 spiro atoms. The predicted octanol–water partition coefficient (Wildman–Crippen LogP) is 4.44. The van der Waals surface area contributed by atoms with Gasteiger partial charge in [-0.3, -0.25) is 4.79 Å². The number of aryl methyl sites for hydroxylation is 1. The van der Waals surface area contributed by atoms with Gasteiger partial charge in [-0.1, -0.05) is 32.1 Å². The van der Waals surface area contributed by atoms with E-state index in [0.717, 1.165) is 23.1 Å². The van der Waals surface area contributed by atoms with E-state index in [1.165, 1.54) is 12.1 Å². The van der Waals surface area contributed by atoms with Crippen molar-refractivity contribution >= 4 is 0 Å². The van der Waals surface area contributed by atoms with E-state index in [1.807, 2.05) is 13.8 Å². The van der Waals surface area contributed by atoms with Crippen molar-refractivity contribution in [3.63, 3.8) is 0 Å². The molecule has 0 saturated carbocycles. The first-order valence-electron chi connectivity index (χ1n) is 10.1. The summed E-state index contributed by atoms with van der Waals surface area (Å²) in [5, 5.41) is 20.9. The van der Waals surface area contributed by atoms with Gasteiger partial charge in [0.15, 0.2) is 5.75 Å². The van der Waals surface area contributed by atoms with Crippen LogP contribution < -0.4 is 10.2 Å². The molecule has 1 heterocycles. The van der Waals surface area contributed by atoms with Crippen LogP contribution in [0.4, 0.5) is 0 Å². The van der Waals surface area contributed by atoms with E-state index in [9.17, 15) is 15.0 Å². The number of aromatic hydroxyl groups is 1. The first kappa shape index (κ1) is 20.7. The standard InChI is InChI=1S/C24H32O4/c1-15-7-10-23(3,4)8-6-9-24(5)17(13-19(15)25)12-18-16(2)11-20(26)21(27)14-22(18)28-24/h6-8,11,14,17,19,25H,9-10,12-13H2,1-5H3,(H,26,27)/b8-6+,15-7+/t17?,19-,24-/m1/s1. The number of rotatable bonds is 0. The smallest absolute Gasteiger partial charge is 0.220 e. The maximum atomic E-state index is 12.0. The quantitative estimate of drug-likeness (QED) is 0.649. The second-order valence-electron chi connectivity index (χ2n) is 9.38. The monoisotopic (exact) mass is 384 g/mol. The maximum absolute atomic E-state index is 12.0. The van der Waals surface area contributed by atoms with Crippen molar-refractivity contribution in [2.75, 3.05) is 0 Å². The Hall–Kier alpha value is -2.07. The number of aliphatic hydroxyl groups is 1. The molecule has 1 aromatic rings. The van der Waals surface area contributed by atoms with Crippen LogP contribution in [0, 0.1) is 18.3 Å². The second-order valence-corrected chi connectivity index (χ2v) is 9.38. The lowest BCUT2D eigenvalue weighted by Crippen LogP contribution is -2.46. The van der Waals surface area contributed by atoms with E-state index < -0.39 is 17.1 Å². The molecule has 1 aromatic carbocycles. The first-order valence-corrected chi connectivity index (χ1v) is 10.1. The zero-order valence-corrected chi connectivity index (χ0v) is 17.6. The van der Waals surface area contributed by atoms with Gasteiger partial charge in [-0.15, -0.1) is 0 Å². The highest BCUT2D eigenvalue weighted by Gasteiger charge is 2.42. The van der Waals surface area contributed by atoms with Crippen LogP contribution in [0.1, 0.15) is 58.1 Å². The fourth-order valence-corrected chi connectivity index (χ4v) is 4.22. The molecule has 0 saturated heterocycles. The summed E-state index contributed by atoms with van der Waals surface area (Å²) < 4.78 is 6.44. The summed E-state index contributed by atoms with van der Waals surface area (Å²) in [5.41, 5.74) is 1.82. The molecule has 1 unspecified atom stereocenters. The average molecular weight is 385 g/mol. The molecule has 0 amide bonds. The zero-order chi connectivity index (χ0) is 20.7. The Balaban J connectivity index is 2.09. The number of hydrogen-bond donors (Lipinski definition) is 2. The third kappa shape index (κ3) is 4.17. The lowest BCUT2D eigenvalue weighted by atomic mass is 9.75. The van der Waals surface area contributed by atoms with Gasteiger partial charge in [-0.25, -0.2) is 0 Å². The van der Waals surface area contributed by atoms with E-state index in [1.54, 1.807) is 0 Å². The van der Waals surface area contributed by atoms with Crippen LogP contribution in [0.5, 0.6) is 11.5 Å². The van der Waals surface area contributed by atoms with Gasteiger partial charge in [0, 0.05) is 18.4 Å². The minimum Gasteiger partial charge on any atom is -0.504 e. The maximum Gasteiger partial charge on any atom is 0.220 e. The van der Waals surface area contributed by atoms with Crippen LogP contribution >= 0.6 is 0 Å². The van der Waals surface area contributed by atoms with Crippen LogP contribution in [0.15, 0.2) is 40.7 Å². The van der Waals surface area contributed by atoms with E-state index in [2.05, 4.69) is 39.0 Å². The van der Waals surface area contributed by atoms with Gasteiger partial charge < -0.3 is 14.9 Å². The molecule has 2 aliphatic rings. The largest absolute Gasteiger partial charge is 0.504 e. The Morgan fingerprint density at radius 1 is 1.14 bits per heavy atom. The minimum atomic E-state index is -0.526. The van der Waals surface area contributed by atoms with Gasteiger partial charge in [0.25, 0.3) is 0 Å². The molecule has 1 aliphatic heterocycles. The molecule has 3 atom stereocenters. The van der Waals surface area contributed by atoms with Crippen molar-refractivity contribution in [3.8, 4) is 11.5 Å². The molecule has 0 aromatic heterocycles. The number of hydrogen-bond acceptors (Lipinski definition) is 4. The lowest BCUT2D eigenvalue weighted by Gasteiger charge is -2.43. The zero-order valence-electron chi connectivity index (χ0n) is 17.6. The van der Waals surface area contributed by atoms with E-state index >= 15 is 0 Å².